The topological polar surface area (TPSA) is 75.9 Å². The fourth-order valence-corrected chi connectivity index (χ4v) is 2.90. The highest BCUT2D eigenvalue weighted by molar-refractivity contribution is 6.06. The molecule has 0 spiro atoms. The molecule has 0 saturated carbocycles. The van der Waals surface area contributed by atoms with Gasteiger partial charge in [0.05, 0.1) is 7.11 Å². The Morgan fingerprint density at radius 3 is 2.35 bits per heavy atom. The van der Waals surface area contributed by atoms with E-state index in [-0.39, 0.29) is 24.4 Å². The highest BCUT2D eigenvalue weighted by atomic mass is 35.5. The van der Waals surface area contributed by atoms with Crippen molar-refractivity contribution in [2.45, 2.75) is 12.8 Å². The Hall–Kier alpha value is -2.73. The number of amides is 2. The minimum absolute atomic E-state index is 0. The molecule has 2 aromatic rings. The van der Waals surface area contributed by atoms with Crippen molar-refractivity contribution in [1.29, 1.82) is 0 Å². The summed E-state index contributed by atoms with van der Waals surface area (Å²) in [4.78, 5) is 27.4. The van der Waals surface area contributed by atoms with Crippen LogP contribution in [0, 0.1) is 0 Å². The van der Waals surface area contributed by atoms with Crippen molar-refractivity contribution >= 4 is 41.5 Å². The van der Waals surface area contributed by atoms with E-state index < -0.39 is 0 Å². The van der Waals surface area contributed by atoms with Gasteiger partial charge in [-0.25, -0.2) is 4.79 Å². The van der Waals surface area contributed by atoms with Gasteiger partial charge in [-0.3, -0.25) is 14.6 Å². The highest BCUT2D eigenvalue weighted by Crippen LogP contribution is 2.26. The maximum atomic E-state index is 12.7. The lowest BCUT2D eigenvalue weighted by Gasteiger charge is -2.19. The fourth-order valence-electron chi connectivity index (χ4n) is 2.90. The van der Waals surface area contributed by atoms with Gasteiger partial charge in [0, 0.05) is 36.6 Å². The number of benzene rings is 2. The molecule has 26 heavy (non-hydrogen) atoms. The molecule has 2 amide bonds. The molecule has 1 saturated heterocycles. The van der Waals surface area contributed by atoms with Crippen LogP contribution in [0.5, 0.6) is 0 Å². The first kappa shape index (κ1) is 19.6. The van der Waals surface area contributed by atoms with Crippen LogP contribution in [0.25, 0.3) is 0 Å². The summed E-state index contributed by atoms with van der Waals surface area (Å²) in [6, 6.07) is 15.0. The molecule has 2 aromatic carbocycles. The number of nitrogens with two attached hydrogens (primary N) is 1. The van der Waals surface area contributed by atoms with Crippen molar-refractivity contribution in [2.24, 2.45) is 0 Å². The van der Waals surface area contributed by atoms with Crippen LogP contribution in [0.2, 0.25) is 0 Å². The molecule has 1 heterocycles. The van der Waals surface area contributed by atoms with E-state index in [0.29, 0.717) is 31.6 Å². The smallest absolute Gasteiger partial charge is 0.329 e. The van der Waals surface area contributed by atoms with Gasteiger partial charge in [-0.1, -0.05) is 18.2 Å². The number of nitrogens with zero attached hydrogens (tertiary/aromatic N) is 2. The molecular formula is C19H22ClN3O3. The number of urea groups is 1. The van der Waals surface area contributed by atoms with Gasteiger partial charge in [0.1, 0.15) is 0 Å². The summed E-state index contributed by atoms with van der Waals surface area (Å²) in [6.07, 6.45) is 0.970. The summed E-state index contributed by atoms with van der Waals surface area (Å²) in [7, 11) is 1.39. The average molecular weight is 376 g/mol. The number of hydrogen-bond acceptors (Lipinski definition) is 4. The van der Waals surface area contributed by atoms with E-state index in [1.54, 1.807) is 21.9 Å². The fraction of sp³-hybridized carbons (Fsp3) is 0.263. The maximum absolute atomic E-state index is 12.7. The largest absolute Gasteiger partial charge is 0.469 e. The van der Waals surface area contributed by atoms with E-state index in [1.165, 1.54) is 7.11 Å². The second kappa shape index (κ2) is 8.58. The number of rotatable bonds is 5. The Morgan fingerprint density at radius 2 is 1.73 bits per heavy atom. The standard InChI is InChI=1S/C19H21N3O3.ClH/c1-25-18(23)10-7-14-5-8-16(9-6-14)21-11-12-22(19(21)24)17-4-2-3-15(20)13-17;/h2-6,8-9,13H,7,10-12,20H2,1H3;1H. The van der Waals surface area contributed by atoms with Gasteiger partial charge < -0.3 is 10.5 Å². The number of carbonyl (C=O) groups is 2. The first-order valence-corrected chi connectivity index (χ1v) is 8.19. The summed E-state index contributed by atoms with van der Waals surface area (Å²) < 4.78 is 4.65. The molecule has 7 heteroatoms. The Bertz CT molecular complexity index is 780. The van der Waals surface area contributed by atoms with Crippen LogP contribution in [0.15, 0.2) is 48.5 Å². The van der Waals surface area contributed by atoms with Crippen LogP contribution in [0.4, 0.5) is 21.9 Å². The number of anilines is 3. The van der Waals surface area contributed by atoms with E-state index in [4.69, 9.17) is 5.73 Å². The maximum Gasteiger partial charge on any atom is 0.329 e. The van der Waals surface area contributed by atoms with Crippen molar-refractivity contribution in [3.8, 4) is 0 Å². The van der Waals surface area contributed by atoms with Gasteiger partial charge in [0.2, 0.25) is 0 Å². The summed E-state index contributed by atoms with van der Waals surface area (Å²) in [5, 5.41) is 0. The van der Waals surface area contributed by atoms with Crippen molar-refractivity contribution in [1.82, 2.24) is 0 Å². The lowest BCUT2D eigenvalue weighted by Crippen LogP contribution is -2.31. The first-order valence-electron chi connectivity index (χ1n) is 8.19. The Kier molecular flexibility index (Phi) is 6.46. The number of esters is 1. The van der Waals surface area contributed by atoms with Gasteiger partial charge in [-0.15, -0.1) is 12.4 Å². The van der Waals surface area contributed by atoms with Crippen molar-refractivity contribution in [3.05, 3.63) is 54.1 Å². The molecule has 0 atom stereocenters. The number of hydrogen-bond donors (Lipinski definition) is 1. The zero-order valence-electron chi connectivity index (χ0n) is 14.6. The van der Waals surface area contributed by atoms with E-state index in [9.17, 15) is 9.59 Å². The third-order valence-corrected chi connectivity index (χ3v) is 4.28. The first-order chi connectivity index (χ1) is 12.1. The van der Waals surface area contributed by atoms with Gasteiger partial charge in [-0.2, -0.15) is 0 Å². The molecule has 0 bridgehead atoms. The second-order valence-electron chi connectivity index (χ2n) is 5.92. The Balaban J connectivity index is 0.00000243. The molecule has 1 aliphatic heterocycles. The number of nitrogen functional groups attached to an aromatic ring is 1. The molecule has 0 unspecified atom stereocenters. The van der Waals surface area contributed by atoms with Crippen LogP contribution >= 0.6 is 12.4 Å². The van der Waals surface area contributed by atoms with Gasteiger partial charge in [0.25, 0.3) is 0 Å². The van der Waals surface area contributed by atoms with Gasteiger partial charge in [-0.05, 0) is 42.3 Å². The molecule has 0 aliphatic carbocycles. The minimum Gasteiger partial charge on any atom is -0.469 e. The summed E-state index contributed by atoms with van der Waals surface area (Å²) in [5.74, 6) is -0.225. The lowest BCUT2D eigenvalue weighted by atomic mass is 10.1. The van der Waals surface area contributed by atoms with Crippen LogP contribution < -0.4 is 15.5 Å². The normalized spacial score (nSPS) is 13.5. The monoisotopic (exact) mass is 375 g/mol. The lowest BCUT2D eigenvalue weighted by molar-refractivity contribution is -0.140. The molecule has 2 N–H and O–H groups in total. The minimum atomic E-state index is -0.225. The predicted molar refractivity (Wildman–Crippen MR) is 105 cm³/mol. The van der Waals surface area contributed by atoms with Gasteiger partial charge >= 0.3 is 12.0 Å². The van der Waals surface area contributed by atoms with Gasteiger partial charge in [0.15, 0.2) is 0 Å². The summed E-state index contributed by atoms with van der Waals surface area (Å²) in [6.45, 7) is 1.24. The third-order valence-electron chi connectivity index (χ3n) is 4.28. The van der Waals surface area contributed by atoms with Crippen LogP contribution in [0.3, 0.4) is 0 Å². The van der Waals surface area contributed by atoms with Crippen molar-refractivity contribution < 1.29 is 14.3 Å². The molecule has 0 radical (unpaired) electrons. The molecular weight excluding hydrogens is 354 g/mol. The summed E-state index contributed by atoms with van der Waals surface area (Å²) in [5.41, 5.74) is 9.14. The number of halogens is 1. The van der Waals surface area contributed by atoms with E-state index in [2.05, 4.69) is 4.74 Å². The van der Waals surface area contributed by atoms with Crippen molar-refractivity contribution in [2.75, 3.05) is 35.7 Å². The van der Waals surface area contributed by atoms with E-state index in [0.717, 1.165) is 16.9 Å². The molecule has 0 aromatic heterocycles. The highest BCUT2D eigenvalue weighted by Gasteiger charge is 2.30. The molecule has 6 nitrogen and oxygen atoms in total. The van der Waals surface area contributed by atoms with Crippen molar-refractivity contribution in [3.63, 3.8) is 0 Å². The average Bonchev–Trinajstić information content (AvgIpc) is 3.01. The zero-order chi connectivity index (χ0) is 17.8. The molecule has 1 aliphatic rings. The van der Waals surface area contributed by atoms with Crippen LogP contribution in [-0.4, -0.2) is 32.2 Å². The number of ether oxygens (including phenoxy) is 1. The number of methoxy groups -OCH3 is 1. The SMILES string of the molecule is COC(=O)CCc1ccc(N2CCN(c3cccc(N)c3)C2=O)cc1.Cl. The quantitative estimate of drug-likeness (QED) is 0.643. The Morgan fingerprint density at radius 1 is 1.08 bits per heavy atom. The Labute approximate surface area is 158 Å². The zero-order valence-corrected chi connectivity index (χ0v) is 15.4. The third kappa shape index (κ3) is 4.26. The van der Waals surface area contributed by atoms with E-state index >= 15 is 0 Å². The molecule has 1 fully saturated rings. The van der Waals surface area contributed by atoms with Crippen LogP contribution in [-0.2, 0) is 16.0 Å². The summed E-state index contributed by atoms with van der Waals surface area (Å²) >= 11 is 0. The number of aryl methyl sites for hydroxylation is 1. The number of carbonyl (C=O) groups excluding carboxylic acids is 2. The van der Waals surface area contributed by atoms with E-state index in [1.807, 2.05) is 36.4 Å². The molecule has 138 valence electrons. The second-order valence-corrected chi connectivity index (χ2v) is 5.92. The predicted octanol–water partition coefficient (Wildman–Crippen LogP) is 3.24. The molecule has 3 rings (SSSR count). The van der Waals surface area contributed by atoms with Crippen LogP contribution in [0.1, 0.15) is 12.0 Å².